The molecular weight excluding hydrogens is 855 g/mol. The number of carboxylic acids is 1. The van der Waals surface area contributed by atoms with E-state index in [0.717, 1.165) is 22.0 Å². The fraction of sp³-hybridized carbons (Fsp3) is 0.500. The number of hydrogen-bond acceptors (Lipinski definition) is 13. The van der Waals surface area contributed by atoms with Gasteiger partial charge in [0.1, 0.15) is 16.8 Å². The number of rotatable bonds is 9. The van der Waals surface area contributed by atoms with Crippen molar-refractivity contribution in [2.75, 3.05) is 64.6 Å². The molecular formula is C52H61N5O10. The van der Waals surface area contributed by atoms with Crippen LogP contribution in [0.15, 0.2) is 72.8 Å². The van der Waals surface area contributed by atoms with E-state index in [4.69, 9.17) is 24.7 Å². The van der Waals surface area contributed by atoms with Gasteiger partial charge in [-0.15, -0.1) is 0 Å². The third kappa shape index (κ3) is 6.12. The van der Waals surface area contributed by atoms with Crippen molar-refractivity contribution in [3.05, 3.63) is 101 Å². The molecule has 15 nitrogen and oxygen atoms in total. The number of carbonyl (C=O) groups excluding carboxylic acids is 3. The highest BCUT2D eigenvalue weighted by Crippen LogP contribution is 2.68. The Bertz CT molecular complexity index is 2740. The van der Waals surface area contributed by atoms with Gasteiger partial charge in [-0.05, 0) is 86.4 Å². The molecule has 10 atom stereocenters. The topological polar surface area (TPSA) is 197 Å². The van der Waals surface area contributed by atoms with E-state index in [1.165, 1.54) is 14.0 Å². The third-order valence-electron chi connectivity index (χ3n) is 16.9. The Morgan fingerprint density at radius 3 is 2.42 bits per heavy atom. The largest absolute Gasteiger partial charge is 0.496 e. The number of nitrogens with two attached hydrogens (primary N) is 1. The summed E-state index contributed by atoms with van der Waals surface area (Å²) in [4.78, 5) is 66.9. The van der Waals surface area contributed by atoms with E-state index in [-0.39, 0.29) is 12.3 Å². The van der Waals surface area contributed by atoms with E-state index >= 15 is 4.79 Å². The molecule has 2 bridgehead atoms. The van der Waals surface area contributed by atoms with E-state index in [9.17, 15) is 24.6 Å². The predicted molar refractivity (Wildman–Crippen MR) is 250 cm³/mol. The number of nitrogen functional groups attached to an aromatic ring is 1. The van der Waals surface area contributed by atoms with Crippen LogP contribution in [0.4, 0.5) is 11.4 Å². The SMILES string of the molecule is CC[C@]1(OC(=O)c2ccccc2N)C[C@@H]2CN(CCc3c([nH]c4ccccc34)[C@@](C(=O)OC)(c3cc4c(cc3OC)N(C)[C@H]3[C@@](O)(C(=O)O)[C@H](OC(C)=O)[C@]5(CC)C=CCN6CC[C@]43[C@@H]65)C2)C1. The summed E-state index contributed by atoms with van der Waals surface area (Å²) < 4.78 is 25.0. The minimum Gasteiger partial charge on any atom is -0.496 e. The Morgan fingerprint density at radius 1 is 0.955 bits per heavy atom. The average molecular weight is 916 g/mol. The second-order valence-electron chi connectivity index (χ2n) is 20.0. The van der Waals surface area contributed by atoms with Crippen molar-refractivity contribution in [1.29, 1.82) is 0 Å². The molecule has 1 aromatic heterocycles. The lowest BCUT2D eigenvalue weighted by Gasteiger charge is -2.63. The quantitative estimate of drug-likeness (QED) is 0.0726. The molecule has 0 amide bonds. The molecule has 0 radical (unpaired) electrons. The molecule has 5 N–H and O–H groups in total. The molecule has 6 heterocycles. The molecule has 3 aromatic carbocycles. The van der Waals surface area contributed by atoms with Gasteiger partial charge in [0.15, 0.2) is 6.10 Å². The van der Waals surface area contributed by atoms with E-state index in [1.54, 1.807) is 38.4 Å². The van der Waals surface area contributed by atoms with Crippen LogP contribution < -0.4 is 15.4 Å². The van der Waals surface area contributed by atoms with E-state index in [1.807, 2.05) is 61.2 Å². The number of fused-ring (bicyclic) bond motifs is 6. The molecule has 1 spiro atoms. The molecule has 6 aliphatic rings. The zero-order valence-corrected chi connectivity index (χ0v) is 39.1. The highest BCUT2D eigenvalue weighted by atomic mass is 16.6. The third-order valence-corrected chi connectivity index (χ3v) is 16.9. The fourth-order valence-corrected chi connectivity index (χ4v) is 14.4. The number of nitrogens with one attached hydrogen (secondary N) is 1. The number of piperidine rings is 1. The standard InChI is InChI=1S/C52H61N5O10/c1-7-48(67-42(59)34-15-9-11-16-37(34)53)26-31-27-51(47(62)65-6,41-33(18-22-56(28-31)29-48)32-14-10-12-17-38(32)54-41)36-24-35-39(25-40(36)64-5)55(4)44-50(35)20-23-57-21-13-19-49(8-2,43(50)57)45(66-30(3)58)52(44,63)46(60)61/h9-17,19,24-25,31,43-45,54,63H,7-8,18,20-23,26-29,53H2,1-6H3,(H,60,61)/t31-,43-,44+,45+,48-,49+,50+,51-,52-/m0/s1. The maximum atomic E-state index is 15.6. The van der Waals surface area contributed by atoms with Crippen LogP contribution in [0, 0.1) is 11.3 Å². The first-order valence-corrected chi connectivity index (χ1v) is 23.6. The van der Waals surface area contributed by atoms with Crippen LogP contribution in [-0.2, 0) is 45.8 Å². The van der Waals surface area contributed by atoms with Crippen molar-refractivity contribution >= 4 is 46.2 Å². The second-order valence-corrected chi connectivity index (χ2v) is 20.0. The Kier molecular flexibility index (Phi) is 10.6. The van der Waals surface area contributed by atoms with E-state index in [2.05, 4.69) is 20.9 Å². The highest BCUT2D eigenvalue weighted by Gasteiger charge is 2.80. The number of carbonyl (C=O) groups is 4. The summed E-state index contributed by atoms with van der Waals surface area (Å²) >= 11 is 0. The number of benzene rings is 3. The minimum absolute atomic E-state index is 0.230. The molecule has 4 aromatic rings. The first-order chi connectivity index (χ1) is 32.1. The summed E-state index contributed by atoms with van der Waals surface area (Å²) in [7, 11) is 4.75. The minimum atomic E-state index is -2.57. The van der Waals surface area contributed by atoms with Crippen LogP contribution in [0.1, 0.15) is 85.6 Å². The van der Waals surface area contributed by atoms with Gasteiger partial charge in [0.25, 0.3) is 0 Å². The molecule has 3 fully saturated rings. The van der Waals surface area contributed by atoms with Gasteiger partial charge >= 0.3 is 23.9 Å². The maximum Gasteiger partial charge on any atom is 0.341 e. The number of aliphatic carboxylic acids is 1. The Balaban J connectivity index is 1.22. The van der Waals surface area contributed by atoms with Crippen molar-refractivity contribution in [3.63, 3.8) is 0 Å². The number of aliphatic hydroxyl groups is 1. The van der Waals surface area contributed by atoms with Crippen LogP contribution in [0.25, 0.3) is 10.9 Å². The zero-order chi connectivity index (χ0) is 47.4. The Morgan fingerprint density at radius 2 is 1.72 bits per heavy atom. The van der Waals surface area contributed by atoms with E-state index < -0.39 is 69.5 Å². The van der Waals surface area contributed by atoms with Crippen molar-refractivity contribution in [2.24, 2.45) is 11.3 Å². The Labute approximate surface area is 390 Å². The number of anilines is 2. The van der Waals surface area contributed by atoms with Gasteiger partial charge in [0.05, 0.1) is 25.8 Å². The molecule has 2 saturated heterocycles. The van der Waals surface area contributed by atoms with Crippen molar-refractivity contribution in [1.82, 2.24) is 14.8 Å². The molecule has 354 valence electrons. The Hall–Kier alpha value is -5.90. The number of aromatic amines is 1. The lowest BCUT2D eigenvalue weighted by Crippen LogP contribution is -2.81. The van der Waals surface area contributed by atoms with E-state index in [0.29, 0.717) is 98.8 Å². The first-order valence-electron chi connectivity index (χ1n) is 23.6. The van der Waals surface area contributed by atoms with Crippen molar-refractivity contribution < 1.29 is 48.3 Å². The highest BCUT2D eigenvalue weighted by molar-refractivity contribution is 5.96. The lowest BCUT2D eigenvalue weighted by molar-refractivity contribution is -0.226. The molecule has 1 unspecified atom stereocenters. The monoisotopic (exact) mass is 915 g/mol. The predicted octanol–water partition coefficient (Wildman–Crippen LogP) is 5.35. The molecule has 10 rings (SSSR count). The van der Waals surface area contributed by atoms with Gasteiger partial charge in [-0.25, -0.2) is 9.59 Å². The van der Waals surface area contributed by atoms with Crippen LogP contribution in [-0.4, -0.2) is 132 Å². The van der Waals surface area contributed by atoms with Crippen molar-refractivity contribution in [3.8, 4) is 5.75 Å². The number of para-hydroxylation sites is 2. The van der Waals surface area contributed by atoms with Crippen LogP contribution >= 0.6 is 0 Å². The molecule has 1 saturated carbocycles. The number of hydrogen-bond donors (Lipinski definition) is 4. The number of likely N-dealkylation sites (N-methyl/N-ethyl adjacent to an activating group) is 1. The normalized spacial score (nSPS) is 33.8. The molecule has 1 aliphatic carbocycles. The van der Waals surface area contributed by atoms with Gasteiger partial charge in [-0.1, -0.05) is 56.3 Å². The average Bonchev–Trinajstić information content (AvgIpc) is 3.98. The zero-order valence-electron chi connectivity index (χ0n) is 39.1. The van der Waals surface area contributed by atoms with Gasteiger partial charge in [-0.3, -0.25) is 19.4 Å². The molecule has 15 heteroatoms. The van der Waals surface area contributed by atoms with Crippen LogP contribution in [0.5, 0.6) is 5.75 Å². The number of H-pyrrole nitrogens is 1. The van der Waals surface area contributed by atoms with Gasteiger partial charge in [-0.2, -0.15) is 0 Å². The summed E-state index contributed by atoms with van der Waals surface area (Å²) in [6.07, 6.45) is 5.14. The van der Waals surface area contributed by atoms with Gasteiger partial charge in [0, 0.05) is 96.6 Å². The van der Waals surface area contributed by atoms with Crippen LogP contribution in [0.2, 0.25) is 0 Å². The second kappa shape index (κ2) is 15.8. The smallest absolute Gasteiger partial charge is 0.341 e. The van der Waals surface area contributed by atoms with Crippen LogP contribution in [0.3, 0.4) is 0 Å². The lowest BCUT2D eigenvalue weighted by atomic mass is 9.47. The number of nitrogens with zero attached hydrogens (tertiary/aromatic N) is 3. The molecule has 5 aliphatic heterocycles. The number of aromatic nitrogens is 1. The fourth-order valence-electron chi connectivity index (χ4n) is 14.4. The maximum absolute atomic E-state index is 15.6. The van der Waals surface area contributed by atoms with Gasteiger partial charge in [0.2, 0.25) is 5.60 Å². The summed E-state index contributed by atoms with van der Waals surface area (Å²) in [6.45, 7) is 8.12. The van der Waals surface area contributed by atoms with Crippen molar-refractivity contribution in [2.45, 2.75) is 99.5 Å². The summed E-state index contributed by atoms with van der Waals surface area (Å²) in [5, 5.41) is 25.5. The summed E-state index contributed by atoms with van der Waals surface area (Å²) in [5.41, 5.74) is 4.20. The first kappa shape index (κ1) is 44.9. The molecule has 67 heavy (non-hydrogen) atoms. The number of esters is 3. The van der Waals surface area contributed by atoms with Gasteiger partial charge < -0.3 is 44.8 Å². The summed E-state index contributed by atoms with van der Waals surface area (Å²) in [6, 6.07) is 17.3. The number of ether oxygens (including phenoxy) is 4. The number of methoxy groups -OCH3 is 2. The number of carboxylic acid groups (broad SMARTS) is 1. The summed E-state index contributed by atoms with van der Waals surface area (Å²) in [5.74, 6) is -3.03.